The summed E-state index contributed by atoms with van der Waals surface area (Å²) in [5, 5.41) is 10.4. The monoisotopic (exact) mass is 369 g/mol. The summed E-state index contributed by atoms with van der Waals surface area (Å²) >= 11 is 5.36. The van der Waals surface area contributed by atoms with E-state index in [1.165, 1.54) is 12.1 Å². The molecule has 0 N–H and O–H groups in total. The normalized spacial score (nSPS) is 15.5. The van der Waals surface area contributed by atoms with Crippen molar-refractivity contribution in [3.05, 3.63) is 39.4 Å². The molecule has 2 rings (SSSR count). The third kappa shape index (κ3) is 5.37. The lowest BCUT2D eigenvalue weighted by Gasteiger charge is -2.32. The first kappa shape index (κ1) is 21.1. The van der Waals surface area contributed by atoms with Gasteiger partial charge in [-0.15, -0.1) is 24.8 Å². The highest BCUT2D eigenvalue weighted by Crippen LogP contribution is 2.23. The molecule has 22 heavy (non-hydrogen) atoms. The molecular formula is C13H18Cl3N3O3. The number of hydrogen-bond acceptors (Lipinski definition) is 5. The van der Waals surface area contributed by atoms with E-state index >= 15 is 0 Å². The Kier molecular flexibility index (Phi) is 8.88. The highest BCUT2D eigenvalue weighted by atomic mass is 35.5. The number of carbonyl (C=O) groups is 1. The fourth-order valence-corrected chi connectivity index (χ4v) is 2.35. The molecule has 9 heteroatoms. The molecule has 1 aromatic carbocycles. The van der Waals surface area contributed by atoms with E-state index in [2.05, 4.69) is 16.8 Å². The predicted molar refractivity (Wildman–Crippen MR) is 90.5 cm³/mol. The van der Waals surface area contributed by atoms with Crippen molar-refractivity contribution >= 4 is 47.3 Å². The summed E-state index contributed by atoms with van der Waals surface area (Å²) in [5.41, 5.74) is 0.720. The van der Waals surface area contributed by atoms with Gasteiger partial charge in [0.25, 0.3) is 10.9 Å². The van der Waals surface area contributed by atoms with E-state index in [0.717, 1.165) is 26.2 Å². The fourth-order valence-electron chi connectivity index (χ4n) is 2.24. The maximum Gasteiger partial charge on any atom is 0.274 e. The van der Waals surface area contributed by atoms with Gasteiger partial charge in [-0.2, -0.15) is 0 Å². The molecule has 0 saturated carbocycles. The molecule has 0 aliphatic carbocycles. The van der Waals surface area contributed by atoms with Crippen LogP contribution in [0.5, 0.6) is 0 Å². The van der Waals surface area contributed by atoms with Crippen LogP contribution in [0.1, 0.15) is 15.9 Å². The molecule has 1 aromatic rings. The van der Waals surface area contributed by atoms with Crippen LogP contribution in [0, 0.1) is 10.1 Å². The van der Waals surface area contributed by atoms with Gasteiger partial charge in [-0.05, 0) is 24.7 Å². The minimum Gasteiger partial charge on any atom is -0.304 e. The van der Waals surface area contributed by atoms with Gasteiger partial charge in [0, 0.05) is 49.9 Å². The Hall–Kier alpha value is -0.920. The number of nitro groups is 1. The van der Waals surface area contributed by atoms with Crippen LogP contribution in [0.2, 0.25) is 0 Å². The molecule has 124 valence electrons. The van der Waals surface area contributed by atoms with Gasteiger partial charge in [0.1, 0.15) is 0 Å². The Morgan fingerprint density at radius 3 is 2.36 bits per heavy atom. The van der Waals surface area contributed by atoms with Gasteiger partial charge in [0.2, 0.25) is 0 Å². The van der Waals surface area contributed by atoms with Crippen molar-refractivity contribution < 1.29 is 9.72 Å². The molecule has 0 spiro atoms. The lowest BCUT2D eigenvalue weighted by atomic mass is 10.1. The average Bonchev–Trinajstić information content (AvgIpc) is 2.41. The van der Waals surface area contributed by atoms with E-state index < -0.39 is 10.2 Å². The van der Waals surface area contributed by atoms with E-state index in [4.69, 9.17) is 11.6 Å². The van der Waals surface area contributed by atoms with Gasteiger partial charge in [-0.3, -0.25) is 19.8 Å². The topological polar surface area (TPSA) is 66.7 Å². The molecular weight excluding hydrogens is 353 g/mol. The molecule has 0 bridgehead atoms. The van der Waals surface area contributed by atoms with Gasteiger partial charge >= 0.3 is 0 Å². The van der Waals surface area contributed by atoms with Crippen molar-refractivity contribution in [3.63, 3.8) is 0 Å². The Morgan fingerprint density at radius 1 is 1.27 bits per heavy atom. The molecule has 0 unspecified atom stereocenters. The third-order valence-electron chi connectivity index (χ3n) is 3.50. The first-order chi connectivity index (χ1) is 9.47. The quantitative estimate of drug-likeness (QED) is 0.463. The van der Waals surface area contributed by atoms with E-state index in [1.54, 1.807) is 6.07 Å². The molecule has 1 aliphatic heterocycles. The zero-order chi connectivity index (χ0) is 14.7. The van der Waals surface area contributed by atoms with Crippen LogP contribution in [-0.4, -0.2) is 53.2 Å². The lowest BCUT2D eigenvalue weighted by Crippen LogP contribution is -2.43. The number of nitro benzene ring substituents is 1. The maximum absolute atomic E-state index is 11.1. The first-order valence-electron chi connectivity index (χ1n) is 6.35. The molecule has 1 heterocycles. The van der Waals surface area contributed by atoms with Gasteiger partial charge in [-0.1, -0.05) is 6.07 Å². The van der Waals surface area contributed by atoms with Crippen LogP contribution in [0.4, 0.5) is 5.69 Å². The number of rotatable bonds is 4. The van der Waals surface area contributed by atoms with E-state index in [9.17, 15) is 14.9 Å². The highest BCUT2D eigenvalue weighted by molar-refractivity contribution is 6.67. The van der Waals surface area contributed by atoms with E-state index in [-0.39, 0.29) is 36.1 Å². The zero-order valence-corrected chi connectivity index (χ0v) is 14.4. The highest BCUT2D eigenvalue weighted by Gasteiger charge is 2.20. The molecule has 0 atom stereocenters. The number of hydrogen-bond donors (Lipinski definition) is 0. The van der Waals surface area contributed by atoms with Crippen molar-refractivity contribution in [3.8, 4) is 0 Å². The second-order valence-electron chi connectivity index (χ2n) is 4.95. The minimum absolute atomic E-state index is 0. The number of likely N-dealkylation sites (N-methyl/N-ethyl adjacent to an activating group) is 1. The van der Waals surface area contributed by atoms with E-state index in [0.29, 0.717) is 12.1 Å². The van der Waals surface area contributed by atoms with Crippen LogP contribution in [0.25, 0.3) is 0 Å². The molecule has 1 aliphatic rings. The number of carbonyl (C=O) groups excluding carboxylic acids is 1. The summed E-state index contributed by atoms with van der Waals surface area (Å²) in [5.74, 6) is 0. The largest absolute Gasteiger partial charge is 0.304 e. The van der Waals surface area contributed by atoms with Crippen LogP contribution < -0.4 is 0 Å². The summed E-state index contributed by atoms with van der Waals surface area (Å²) in [6, 6.07) is 4.40. The summed E-state index contributed by atoms with van der Waals surface area (Å²) < 4.78 is 0. The SMILES string of the molecule is CN1CCN(Cc2ccc(C(=O)Cl)cc2[N+](=O)[O-])CC1.Cl.Cl. The Labute approximate surface area is 146 Å². The Morgan fingerprint density at radius 2 is 1.86 bits per heavy atom. The first-order valence-corrected chi connectivity index (χ1v) is 6.73. The van der Waals surface area contributed by atoms with Crippen molar-refractivity contribution in [2.75, 3.05) is 33.2 Å². The van der Waals surface area contributed by atoms with Crippen molar-refractivity contribution in [2.24, 2.45) is 0 Å². The summed E-state index contributed by atoms with van der Waals surface area (Å²) in [6.45, 7) is 4.17. The zero-order valence-electron chi connectivity index (χ0n) is 12.0. The van der Waals surface area contributed by atoms with Crippen LogP contribution in [0.3, 0.4) is 0 Å². The average molecular weight is 371 g/mol. The van der Waals surface area contributed by atoms with Crippen molar-refractivity contribution in [2.45, 2.75) is 6.54 Å². The number of piperazine rings is 1. The minimum atomic E-state index is -0.681. The number of halogens is 3. The second-order valence-corrected chi connectivity index (χ2v) is 5.30. The molecule has 0 radical (unpaired) electrons. The number of nitrogens with zero attached hydrogens (tertiary/aromatic N) is 3. The van der Waals surface area contributed by atoms with Crippen LogP contribution in [0.15, 0.2) is 18.2 Å². The van der Waals surface area contributed by atoms with Gasteiger partial charge in [0.05, 0.1) is 4.92 Å². The summed E-state index contributed by atoms with van der Waals surface area (Å²) in [6.07, 6.45) is 0. The molecule has 1 saturated heterocycles. The Balaban J connectivity index is 0.00000220. The van der Waals surface area contributed by atoms with Gasteiger partial charge < -0.3 is 4.90 Å². The Bertz CT molecular complexity index is 535. The number of benzene rings is 1. The summed E-state index contributed by atoms with van der Waals surface area (Å²) in [4.78, 5) is 26.1. The molecule has 1 fully saturated rings. The van der Waals surface area contributed by atoms with Crippen LogP contribution >= 0.6 is 36.4 Å². The summed E-state index contributed by atoms with van der Waals surface area (Å²) in [7, 11) is 2.06. The van der Waals surface area contributed by atoms with Gasteiger partial charge in [0.15, 0.2) is 0 Å². The van der Waals surface area contributed by atoms with E-state index in [1.807, 2.05) is 0 Å². The van der Waals surface area contributed by atoms with Gasteiger partial charge in [-0.25, -0.2) is 0 Å². The molecule has 6 nitrogen and oxygen atoms in total. The third-order valence-corrected chi connectivity index (χ3v) is 3.72. The molecule has 0 amide bonds. The standard InChI is InChI=1S/C13H16ClN3O3.2ClH/c1-15-4-6-16(7-5-15)9-11-3-2-10(13(14)18)8-12(11)17(19)20;;/h2-3,8H,4-7,9H2,1H3;2*1H. The smallest absolute Gasteiger partial charge is 0.274 e. The maximum atomic E-state index is 11.1. The predicted octanol–water partition coefficient (Wildman–Crippen LogP) is 2.56. The van der Waals surface area contributed by atoms with Crippen LogP contribution in [-0.2, 0) is 6.54 Å². The van der Waals surface area contributed by atoms with Crippen molar-refractivity contribution in [1.29, 1.82) is 0 Å². The molecule has 0 aromatic heterocycles. The lowest BCUT2D eigenvalue weighted by molar-refractivity contribution is -0.385. The van der Waals surface area contributed by atoms with Crippen molar-refractivity contribution in [1.82, 2.24) is 9.80 Å². The second kappa shape index (κ2) is 9.27. The fraction of sp³-hybridized carbons (Fsp3) is 0.462.